The van der Waals surface area contributed by atoms with E-state index in [1.54, 1.807) is 0 Å². The number of fused-ring (bicyclic) bond motifs is 1. The molecule has 1 saturated heterocycles. The van der Waals surface area contributed by atoms with Crippen LogP contribution in [0, 0.1) is 11.7 Å². The second kappa shape index (κ2) is 10.3. The lowest BCUT2D eigenvalue weighted by molar-refractivity contribution is -0.122. The van der Waals surface area contributed by atoms with Crippen molar-refractivity contribution in [3.8, 4) is 11.4 Å². The summed E-state index contributed by atoms with van der Waals surface area (Å²) in [4.78, 5) is 33.3. The van der Waals surface area contributed by atoms with Crippen LogP contribution in [0.4, 0.5) is 10.1 Å². The van der Waals surface area contributed by atoms with Crippen molar-refractivity contribution in [3.63, 3.8) is 0 Å². The average Bonchev–Trinajstić information content (AvgIpc) is 2.82. The normalized spacial score (nSPS) is 16.3. The van der Waals surface area contributed by atoms with E-state index in [0.29, 0.717) is 28.4 Å². The maximum absolute atomic E-state index is 13.8. The van der Waals surface area contributed by atoms with Crippen LogP contribution in [0.5, 0.6) is 0 Å². The number of piperazine rings is 1. The first kappa shape index (κ1) is 25.1. The Balaban J connectivity index is 1.82. The molecule has 2 aromatic carbocycles. The molecule has 2 heterocycles. The smallest absolute Gasteiger partial charge is 0.262 e. The molecule has 186 valence electrons. The third-order valence-electron chi connectivity index (χ3n) is 6.24. The third-order valence-corrected chi connectivity index (χ3v) is 6.53. The zero-order chi connectivity index (χ0) is 25.3. The fourth-order valence-corrected chi connectivity index (χ4v) is 4.56. The highest BCUT2D eigenvalue weighted by Crippen LogP contribution is 2.26. The fourth-order valence-electron chi connectivity index (χ4n) is 4.38. The van der Waals surface area contributed by atoms with E-state index in [-0.39, 0.29) is 34.9 Å². The van der Waals surface area contributed by atoms with Gasteiger partial charge in [-0.1, -0.05) is 25.4 Å². The summed E-state index contributed by atoms with van der Waals surface area (Å²) in [7, 11) is 0. The van der Waals surface area contributed by atoms with E-state index in [2.05, 4.69) is 29.4 Å². The minimum absolute atomic E-state index is 0.0798. The summed E-state index contributed by atoms with van der Waals surface area (Å²) < 4.78 is 15.1. The average molecular weight is 500 g/mol. The van der Waals surface area contributed by atoms with Crippen LogP contribution in [0.1, 0.15) is 27.7 Å². The Kier molecular flexibility index (Phi) is 7.42. The SMILES string of the molecule is CC(C)NC(=O)Cn1c(-c2ccc(F)c(Cl)c2)nc2ccc(N3CCN[C@H](C(C)C)C3)cc2c1=O. The molecule has 1 aliphatic rings. The van der Waals surface area contributed by atoms with Crippen LogP contribution in [0.15, 0.2) is 41.2 Å². The summed E-state index contributed by atoms with van der Waals surface area (Å²) in [6, 6.07) is 10.1. The predicted octanol–water partition coefficient (Wildman–Crippen LogP) is 3.81. The Morgan fingerprint density at radius 1 is 1.23 bits per heavy atom. The first-order valence-electron chi connectivity index (χ1n) is 11.9. The van der Waals surface area contributed by atoms with Crippen LogP contribution in [0.3, 0.4) is 0 Å². The molecule has 1 aliphatic heterocycles. The van der Waals surface area contributed by atoms with Crippen molar-refractivity contribution in [3.05, 3.63) is 57.6 Å². The molecule has 0 saturated carbocycles. The maximum atomic E-state index is 13.8. The highest BCUT2D eigenvalue weighted by molar-refractivity contribution is 6.31. The number of nitrogens with one attached hydrogen (secondary N) is 2. The lowest BCUT2D eigenvalue weighted by Gasteiger charge is -2.37. The number of nitrogens with zero attached hydrogens (tertiary/aromatic N) is 3. The number of halogens is 2. The Hall–Kier alpha value is -2.97. The van der Waals surface area contributed by atoms with Crippen LogP contribution in [0.2, 0.25) is 5.02 Å². The quantitative estimate of drug-likeness (QED) is 0.539. The van der Waals surface area contributed by atoms with E-state index in [0.717, 1.165) is 25.3 Å². The molecular formula is C26H31ClFN5O2. The van der Waals surface area contributed by atoms with Crippen LogP contribution in [0.25, 0.3) is 22.3 Å². The van der Waals surface area contributed by atoms with Gasteiger partial charge in [0.05, 0.1) is 15.9 Å². The summed E-state index contributed by atoms with van der Waals surface area (Å²) >= 11 is 6.01. The standard InChI is InChI=1S/C26H31ClFN5O2/c1-15(2)23-13-32(10-9-29-23)18-6-8-22-19(12-18)26(35)33(14-24(34)30-16(3)4)25(31-22)17-5-7-21(28)20(27)11-17/h5-8,11-12,15-16,23,29H,9-10,13-14H2,1-4H3,(H,30,34)/t23-/m0/s1. The minimum atomic E-state index is -0.567. The summed E-state index contributed by atoms with van der Waals surface area (Å²) in [5.41, 5.74) is 1.57. The van der Waals surface area contributed by atoms with Gasteiger partial charge in [0.1, 0.15) is 18.2 Å². The molecule has 1 fully saturated rings. The number of hydrogen-bond acceptors (Lipinski definition) is 5. The van der Waals surface area contributed by atoms with E-state index >= 15 is 0 Å². The highest BCUT2D eigenvalue weighted by atomic mass is 35.5. The summed E-state index contributed by atoms with van der Waals surface area (Å²) in [5, 5.41) is 6.71. The topological polar surface area (TPSA) is 79.3 Å². The second-order valence-corrected chi connectivity index (χ2v) is 10.0. The number of rotatable bonds is 6. The largest absolute Gasteiger partial charge is 0.369 e. The first-order valence-corrected chi connectivity index (χ1v) is 12.3. The van der Waals surface area contributed by atoms with Gasteiger partial charge in [-0.15, -0.1) is 0 Å². The first-order chi connectivity index (χ1) is 16.6. The van der Waals surface area contributed by atoms with Gasteiger partial charge in [-0.25, -0.2) is 9.37 Å². The molecule has 2 N–H and O–H groups in total. The summed E-state index contributed by atoms with van der Waals surface area (Å²) in [5.74, 6) is -0.126. The van der Waals surface area contributed by atoms with E-state index in [9.17, 15) is 14.0 Å². The van der Waals surface area contributed by atoms with E-state index in [4.69, 9.17) is 16.6 Å². The molecule has 1 aromatic heterocycles. The van der Waals surface area contributed by atoms with Gasteiger partial charge in [-0.05, 0) is 56.2 Å². The van der Waals surface area contributed by atoms with Crippen LogP contribution >= 0.6 is 11.6 Å². The lowest BCUT2D eigenvalue weighted by atomic mass is 10.0. The van der Waals surface area contributed by atoms with Gasteiger partial charge in [-0.2, -0.15) is 0 Å². The number of benzene rings is 2. The molecule has 1 amide bonds. The van der Waals surface area contributed by atoms with Crippen molar-refractivity contribution in [2.45, 2.75) is 46.3 Å². The molecule has 9 heteroatoms. The molecular weight excluding hydrogens is 469 g/mol. The van der Waals surface area contributed by atoms with Crippen molar-refractivity contribution in [1.82, 2.24) is 20.2 Å². The van der Waals surface area contributed by atoms with Crippen molar-refractivity contribution in [2.75, 3.05) is 24.5 Å². The zero-order valence-electron chi connectivity index (χ0n) is 20.4. The van der Waals surface area contributed by atoms with Gasteiger partial charge in [0.15, 0.2) is 0 Å². The van der Waals surface area contributed by atoms with Crippen molar-refractivity contribution < 1.29 is 9.18 Å². The van der Waals surface area contributed by atoms with Gasteiger partial charge in [0.2, 0.25) is 5.91 Å². The predicted molar refractivity (Wildman–Crippen MR) is 139 cm³/mol. The van der Waals surface area contributed by atoms with Crippen molar-refractivity contribution in [2.24, 2.45) is 5.92 Å². The maximum Gasteiger partial charge on any atom is 0.262 e. The summed E-state index contributed by atoms with van der Waals surface area (Å²) in [6.07, 6.45) is 0. The Bertz CT molecular complexity index is 1310. The molecule has 35 heavy (non-hydrogen) atoms. The molecule has 0 unspecified atom stereocenters. The molecule has 0 aliphatic carbocycles. The molecule has 3 aromatic rings. The number of carbonyl (C=O) groups is 1. The monoisotopic (exact) mass is 499 g/mol. The number of amides is 1. The Morgan fingerprint density at radius 3 is 2.69 bits per heavy atom. The lowest BCUT2D eigenvalue weighted by Crippen LogP contribution is -2.53. The molecule has 0 spiro atoms. The molecule has 4 rings (SSSR count). The van der Waals surface area contributed by atoms with Gasteiger partial charge < -0.3 is 15.5 Å². The van der Waals surface area contributed by atoms with Crippen LogP contribution in [-0.2, 0) is 11.3 Å². The second-order valence-electron chi connectivity index (χ2n) is 9.63. The number of hydrogen-bond donors (Lipinski definition) is 2. The third kappa shape index (κ3) is 5.49. The van der Waals surface area contributed by atoms with E-state index in [1.807, 2.05) is 32.0 Å². The number of aromatic nitrogens is 2. The Labute approximate surface area is 209 Å². The van der Waals surface area contributed by atoms with Crippen LogP contribution < -0.4 is 21.1 Å². The number of anilines is 1. The van der Waals surface area contributed by atoms with Gasteiger partial charge >= 0.3 is 0 Å². The van der Waals surface area contributed by atoms with Gasteiger partial charge in [-0.3, -0.25) is 14.2 Å². The molecule has 0 bridgehead atoms. The van der Waals surface area contributed by atoms with E-state index < -0.39 is 5.82 Å². The van der Waals surface area contributed by atoms with E-state index in [1.165, 1.54) is 22.8 Å². The van der Waals surface area contributed by atoms with Gasteiger partial charge in [0, 0.05) is 43.0 Å². The van der Waals surface area contributed by atoms with Gasteiger partial charge in [0.25, 0.3) is 5.56 Å². The minimum Gasteiger partial charge on any atom is -0.369 e. The fraction of sp³-hybridized carbons (Fsp3) is 0.423. The number of carbonyl (C=O) groups excluding carboxylic acids is 1. The van der Waals surface area contributed by atoms with Crippen LogP contribution in [-0.4, -0.2) is 47.2 Å². The Morgan fingerprint density at radius 2 is 2.00 bits per heavy atom. The summed E-state index contributed by atoms with van der Waals surface area (Å²) in [6.45, 7) is 10.4. The van der Waals surface area contributed by atoms with Crippen molar-refractivity contribution in [1.29, 1.82) is 0 Å². The zero-order valence-corrected chi connectivity index (χ0v) is 21.2. The molecule has 7 nitrogen and oxygen atoms in total. The van der Waals surface area contributed by atoms with Crippen molar-refractivity contribution >= 4 is 34.1 Å². The molecule has 1 atom stereocenters. The molecule has 0 radical (unpaired) electrons. The highest BCUT2D eigenvalue weighted by Gasteiger charge is 2.23.